The number of carbonyl (C=O) groups excluding carboxylic acids is 2. The van der Waals surface area contributed by atoms with Crippen LogP contribution >= 0.6 is 0 Å². The molecule has 0 radical (unpaired) electrons. The maximum Gasteiger partial charge on any atom is 0.255 e. The molecule has 2 aliphatic rings. The van der Waals surface area contributed by atoms with Crippen LogP contribution in [0.5, 0.6) is 0 Å². The lowest BCUT2D eigenvalue weighted by atomic mass is 10.1. The van der Waals surface area contributed by atoms with Gasteiger partial charge in [0, 0.05) is 12.1 Å². The third kappa shape index (κ3) is 1.06. The zero-order valence-electron chi connectivity index (χ0n) is 8.27. The van der Waals surface area contributed by atoms with Gasteiger partial charge in [-0.3, -0.25) is 4.79 Å². The van der Waals surface area contributed by atoms with Gasteiger partial charge >= 0.3 is 0 Å². The van der Waals surface area contributed by atoms with Crippen molar-refractivity contribution in [1.82, 2.24) is 4.90 Å². The minimum atomic E-state index is -0.476. The highest BCUT2D eigenvalue weighted by atomic mass is 16.2. The van der Waals surface area contributed by atoms with E-state index in [1.807, 2.05) is 24.3 Å². The minimum Gasteiger partial charge on any atom is -0.322 e. The van der Waals surface area contributed by atoms with E-state index in [4.69, 9.17) is 0 Å². The fraction of sp³-hybridized carbons (Fsp3) is 0.333. The first-order chi connectivity index (χ1) is 7.27. The van der Waals surface area contributed by atoms with Gasteiger partial charge in [-0.05, 0) is 24.5 Å². The summed E-state index contributed by atoms with van der Waals surface area (Å²) >= 11 is 0. The summed E-state index contributed by atoms with van der Waals surface area (Å²) in [7, 11) is 0. The van der Waals surface area contributed by atoms with Crippen molar-refractivity contribution in [2.45, 2.75) is 24.9 Å². The van der Waals surface area contributed by atoms with Crippen molar-refractivity contribution in [3.63, 3.8) is 0 Å². The van der Waals surface area contributed by atoms with Gasteiger partial charge in [0.15, 0.2) is 0 Å². The maximum absolute atomic E-state index is 12.0. The number of benzene rings is 1. The normalized spacial score (nSPS) is 21.3. The van der Waals surface area contributed by atoms with Gasteiger partial charge in [-0.2, -0.15) is 0 Å². The molecule has 0 N–H and O–H groups in total. The fourth-order valence-corrected chi connectivity index (χ4v) is 2.19. The number of fused-ring (bicyclic) bond motifs is 1. The summed E-state index contributed by atoms with van der Waals surface area (Å²) in [4.78, 5) is 24.7. The summed E-state index contributed by atoms with van der Waals surface area (Å²) in [6.07, 6.45) is 2.56. The Morgan fingerprint density at radius 1 is 1.27 bits per heavy atom. The van der Waals surface area contributed by atoms with Crippen LogP contribution < -0.4 is 0 Å². The second-order valence-electron chi connectivity index (χ2n) is 4.27. The van der Waals surface area contributed by atoms with E-state index in [9.17, 15) is 9.59 Å². The molecule has 1 aliphatic carbocycles. The van der Waals surface area contributed by atoms with Gasteiger partial charge in [0.2, 0.25) is 0 Å². The number of hydrogen-bond donors (Lipinski definition) is 0. The molecule has 3 rings (SSSR count). The van der Waals surface area contributed by atoms with Crippen LogP contribution in [0.4, 0.5) is 0 Å². The molecule has 0 saturated heterocycles. The Labute approximate surface area is 87.7 Å². The Kier molecular flexibility index (Phi) is 1.55. The van der Waals surface area contributed by atoms with Crippen LogP contribution in [0.25, 0.3) is 0 Å². The number of nitrogens with zero attached hydrogens (tertiary/aromatic N) is 1. The summed E-state index contributed by atoms with van der Waals surface area (Å²) in [6, 6.07) is 7.57. The Hall–Kier alpha value is -1.64. The molecule has 1 saturated carbocycles. The third-order valence-electron chi connectivity index (χ3n) is 3.34. The van der Waals surface area contributed by atoms with E-state index in [-0.39, 0.29) is 5.91 Å². The monoisotopic (exact) mass is 201 g/mol. The van der Waals surface area contributed by atoms with Crippen molar-refractivity contribution in [1.29, 1.82) is 0 Å². The van der Waals surface area contributed by atoms with Gasteiger partial charge in [0.25, 0.3) is 5.91 Å². The summed E-state index contributed by atoms with van der Waals surface area (Å²) in [5.74, 6) is 0.00944. The van der Waals surface area contributed by atoms with E-state index >= 15 is 0 Å². The molecule has 0 aromatic heterocycles. The Bertz CT molecular complexity index is 449. The summed E-state index contributed by atoms with van der Waals surface area (Å²) in [5.41, 5.74) is 1.32. The Balaban J connectivity index is 2.00. The average Bonchev–Trinajstić information content (AvgIpc) is 3.00. The fourth-order valence-electron chi connectivity index (χ4n) is 2.19. The number of hydrogen-bond acceptors (Lipinski definition) is 2. The lowest BCUT2D eigenvalue weighted by molar-refractivity contribution is -0.113. The lowest BCUT2D eigenvalue weighted by Gasteiger charge is -2.21. The molecule has 1 amide bonds. The van der Waals surface area contributed by atoms with Crippen molar-refractivity contribution in [3.05, 3.63) is 35.4 Å². The molecule has 0 atom stereocenters. The van der Waals surface area contributed by atoms with Crippen molar-refractivity contribution in [3.8, 4) is 0 Å². The predicted molar refractivity (Wildman–Crippen MR) is 54.3 cm³/mol. The second kappa shape index (κ2) is 2.69. The molecule has 0 unspecified atom stereocenters. The summed E-state index contributed by atoms with van der Waals surface area (Å²) < 4.78 is 0. The molecule has 1 fully saturated rings. The van der Waals surface area contributed by atoms with Crippen LogP contribution in [0.1, 0.15) is 28.8 Å². The van der Waals surface area contributed by atoms with Crippen molar-refractivity contribution >= 4 is 12.2 Å². The van der Waals surface area contributed by atoms with E-state index in [0.29, 0.717) is 6.54 Å². The number of rotatable bonds is 2. The minimum absolute atomic E-state index is 0.00944. The smallest absolute Gasteiger partial charge is 0.255 e. The number of aldehydes is 1. The number of amides is 1. The molecule has 76 valence electrons. The molecular formula is C12H11NO2. The standard InChI is InChI=1S/C12H11NO2/c14-8-12(5-6-12)13-7-9-3-1-2-4-10(9)11(13)15/h1-4,8H,5-7H2. The van der Waals surface area contributed by atoms with Gasteiger partial charge in [-0.25, -0.2) is 0 Å². The van der Waals surface area contributed by atoms with Crippen LogP contribution in [0.15, 0.2) is 24.3 Å². The molecule has 1 aromatic rings. The van der Waals surface area contributed by atoms with Gasteiger partial charge in [0.1, 0.15) is 6.29 Å². The SMILES string of the molecule is O=CC1(N2Cc3ccccc3C2=O)CC1. The first kappa shape index (κ1) is 8.65. The molecule has 0 bridgehead atoms. The van der Waals surface area contributed by atoms with Crippen LogP contribution in [0.2, 0.25) is 0 Å². The molecule has 3 nitrogen and oxygen atoms in total. The number of carbonyl (C=O) groups is 2. The maximum atomic E-state index is 12.0. The van der Waals surface area contributed by atoms with Gasteiger partial charge < -0.3 is 9.69 Å². The van der Waals surface area contributed by atoms with Crippen molar-refractivity contribution in [2.24, 2.45) is 0 Å². The van der Waals surface area contributed by atoms with E-state index in [0.717, 1.165) is 30.3 Å². The molecule has 1 aromatic carbocycles. The van der Waals surface area contributed by atoms with Crippen LogP contribution in [0, 0.1) is 0 Å². The highest BCUT2D eigenvalue weighted by molar-refractivity contribution is 6.00. The molecular weight excluding hydrogens is 190 g/mol. The largest absolute Gasteiger partial charge is 0.322 e. The first-order valence-electron chi connectivity index (χ1n) is 5.13. The van der Waals surface area contributed by atoms with Crippen LogP contribution in [-0.4, -0.2) is 22.6 Å². The van der Waals surface area contributed by atoms with Gasteiger partial charge in [-0.15, -0.1) is 0 Å². The van der Waals surface area contributed by atoms with E-state index < -0.39 is 5.54 Å². The lowest BCUT2D eigenvalue weighted by Crippen LogP contribution is -2.38. The Morgan fingerprint density at radius 2 is 2.00 bits per heavy atom. The zero-order chi connectivity index (χ0) is 10.5. The van der Waals surface area contributed by atoms with Crippen molar-refractivity contribution in [2.75, 3.05) is 0 Å². The molecule has 15 heavy (non-hydrogen) atoms. The molecule has 0 spiro atoms. The summed E-state index contributed by atoms with van der Waals surface area (Å²) in [5, 5.41) is 0. The third-order valence-corrected chi connectivity index (χ3v) is 3.34. The first-order valence-corrected chi connectivity index (χ1v) is 5.13. The molecule has 1 heterocycles. The highest BCUT2D eigenvalue weighted by Crippen LogP contribution is 2.43. The average molecular weight is 201 g/mol. The summed E-state index contributed by atoms with van der Waals surface area (Å²) in [6.45, 7) is 0.591. The topological polar surface area (TPSA) is 37.4 Å². The van der Waals surface area contributed by atoms with Gasteiger partial charge in [-0.1, -0.05) is 18.2 Å². The molecule has 3 heteroatoms. The zero-order valence-corrected chi connectivity index (χ0v) is 8.27. The van der Waals surface area contributed by atoms with E-state index in [2.05, 4.69) is 0 Å². The van der Waals surface area contributed by atoms with Crippen LogP contribution in [-0.2, 0) is 11.3 Å². The van der Waals surface area contributed by atoms with Crippen molar-refractivity contribution < 1.29 is 9.59 Å². The van der Waals surface area contributed by atoms with E-state index in [1.54, 1.807) is 4.90 Å². The quantitative estimate of drug-likeness (QED) is 0.678. The van der Waals surface area contributed by atoms with E-state index in [1.165, 1.54) is 0 Å². The highest BCUT2D eigenvalue weighted by Gasteiger charge is 2.52. The predicted octanol–water partition coefficient (Wildman–Crippen LogP) is 1.37. The molecule has 1 aliphatic heterocycles. The van der Waals surface area contributed by atoms with Crippen LogP contribution in [0.3, 0.4) is 0 Å². The second-order valence-corrected chi connectivity index (χ2v) is 4.27. The Morgan fingerprint density at radius 3 is 2.60 bits per heavy atom. The van der Waals surface area contributed by atoms with Gasteiger partial charge in [0.05, 0.1) is 5.54 Å².